The van der Waals surface area contributed by atoms with Gasteiger partial charge in [-0.25, -0.2) is 8.42 Å². The van der Waals surface area contributed by atoms with E-state index in [1.165, 1.54) is 0 Å². The monoisotopic (exact) mass is 242 g/mol. The molecule has 0 aliphatic heterocycles. The summed E-state index contributed by atoms with van der Waals surface area (Å²) in [6, 6.07) is 0. The molecule has 94 valence electrons. The van der Waals surface area contributed by atoms with E-state index in [1.54, 1.807) is 0 Å². The Hall–Kier alpha value is -0.210. The third-order valence-electron chi connectivity index (χ3n) is 1.37. The number of hydrogen-bond acceptors (Lipinski definition) is 5. The number of likely N-dealkylation sites (N-methyl/N-ethyl adjacent to an activating group) is 1. The van der Waals surface area contributed by atoms with Crippen molar-refractivity contribution in [2.75, 3.05) is 46.6 Å². The molecule has 6 nitrogen and oxygen atoms in total. The zero-order valence-corrected chi connectivity index (χ0v) is 10.5. The molecule has 0 heterocycles. The van der Waals surface area contributed by atoms with Crippen molar-refractivity contribution in [1.82, 2.24) is 0 Å². The van der Waals surface area contributed by atoms with Crippen molar-refractivity contribution in [3.05, 3.63) is 0 Å². The molecular formula is C8H22N2O4S. The SMILES string of the molecule is C[N+](C)(C)CCO.NCCCS(=O)(=O)[O-]. The summed E-state index contributed by atoms with van der Waals surface area (Å²) in [6.07, 6.45) is 0.256. The first-order valence-electron chi connectivity index (χ1n) is 4.67. The molecule has 3 N–H and O–H groups in total. The van der Waals surface area contributed by atoms with Gasteiger partial charge < -0.3 is 19.9 Å². The molecule has 0 radical (unpaired) electrons. The van der Waals surface area contributed by atoms with Crippen LogP contribution < -0.4 is 5.73 Å². The van der Waals surface area contributed by atoms with Crippen molar-refractivity contribution in [3.63, 3.8) is 0 Å². The van der Waals surface area contributed by atoms with E-state index < -0.39 is 10.1 Å². The fraction of sp³-hybridized carbons (Fsp3) is 1.00. The van der Waals surface area contributed by atoms with Crippen LogP contribution in [0.25, 0.3) is 0 Å². The fourth-order valence-corrected chi connectivity index (χ4v) is 1.08. The maximum atomic E-state index is 9.78. The third-order valence-corrected chi connectivity index (χ3v) is 2.16. The predicted molar refractivity (Wildman–Crippen MR) is 58.2 cm³/mol. The minimum absolute atomic E-state index is 0.251. The van der Waals surface area contributed by atoms with E-state index in [4.69, 9.17) is 10.8 Å². The Bertz CT molecular complexity index is 234. The molecule has 0 saturated carbocycles. The summed E-state index contributed by atoms with van der Waals surface area (Å²) in [6.45, 7) is 1.37. The average molecular weight is 242 g/mol. The molecule has 0 aliphatic carbocycles. The highest BCUT2D eigenvalue weighted by molar-refractivity contribution is 7.85. The summed E-state index contributed by atoms with van der Waals surface area (Å²) < 4.78 is 30.2. The number of nitrogens with zero attached hydrogens (tertiary/aromatic N) is 1. The van der Waals surface area contributed by atoms with Gasteiger partial charge in [-0.1, -0.05) is 0 Å². The van der Waals surface area contributed by atoms with Gasteiger partial charge in [0.2, 0.25) is 0 Å². The lowest BCUT2D eigenvalue weighted by molar-refractivity contribution is -0.870. The summed E-state index contributed by atoms with van der Waals surface area (Å²) in [5.74, 6) is -0.344. The van der Waals surface area contributed by atoms with E-state index in [2.05, 4.69) is 21.1 Å². The largest absolute Gasteiger partial charge is 0.748 e. The van der Waals surface area contributed by atoms with Crippen LogP contribution in [-0.2, 0) is 10.1 Å². The second kappa shape index (κ2) is 8.00. The lowest BCUT2D eigenvalue weighted by Gasteiger charge is -2.21. The van der Waals surface area contributed by atoms with E-state index in [9.17, 15) is 13.0 Å². The second-order valence-corrected chi connectivity index (χ2v) is 5.67. The molecule has 0 rings (SSSR count). The summed E-state index contributed by atoms with van der Waals surface area (Å²) in [5, 5.41) is 8.39. The van der Waals surface area contributed by atoms with Gasteiger partial charge in [0, 0.05) is 5.75 Å². The van der Waals surface area contributed by atoms with Crippen LogP contribution in [-0.4, -0.2) is 69.2 Å². The van der Waals surface area contributed by atoms with Crippen LogP contribution in [0, 0.1) is 0 Å². The first-order chi connectivity index (χ1) is 6.62. The number of hydrogen-bond donors (Lipinski definition) is 2. The first-order valence-corrected chi connectivity index (χ1v) is 6.25. The molecule has 0 fully saturated rings. The van der Waals surface area contributed by atoms with E-state index >= 15 is 0 Å². The minimum atomic E-state index is -4.02. The van der Waals surface area contributed by atoms with Crippen LogP contribution in [0.1, 0.15) is 6.42 Å². The third kappa shape index (κ3) is 24.8. The maximum absolute atomic E-state index is 9.78. The average Bonchev–Trinajstić information content (AvgIpc) is 1.98. The van der Waals surface area contributed by atoms with Crippen LogP contribution in [0.15, 0.2) is 0 Å². The zero-order chi connectivity index (χ0) is 12.5. The van der Waals surface area contributed by atoms with Crippen molar-refractivity contribution in [1.29, 1.82) is 0 Å². The van der Waals surface area contributed by atoms with Gasteiger partial charge in [-0.05, 0) is 13.0 Å². The van der Waals surface area contributed by atoms with E-state index in [0.717, 1.165) is 11.0 Å². The fourth-order valence-electron chi connectivity index (χ4n) is 0.560. The molecular weight excluding hydrogens is 220 g/mol. The first kappa shape index (κ1) is 17.2. The van der Waals surface area contributed by atoms with Gasteiger partial charge in [-0.15, -0.1) is 0 Å². The molecule has 0 bridgehead atoms. The molecule has 0 aromatic heterocycles. The molecule has 0 saturated heterocycles. The molecule has 7 heteroatoms. The van der Waals surface area contributed by atoms with E-state index in [-0.39, 0.29) is 25.3 Å². The molecule has 0 unspecified atom stereocenters. The Kier molecular flexibility index (Phi) is 9.17. The van der Waals surface area contributed by atoms with Crippen molar-refractivity contribution in [2.24, 2.45) is 5.73 Å². The minimum Gasteiger partial charge on any atom is -0.748 e. The number of nitrogens with two attached hydrogens (primary N) is 1. The second-order valence-electron chi connectivity index (χ2n) is 4.14. The summed E-state index contributed by atoms with van der Waals surface area (Å²) in [4.78, 5) is 0. The highest BCUT2D eigenvalue weighted by Gasteiger charge is 2.02. The molecule has 0 aliphatic rings. The normalized spacial score (nSPS) is 11.9. The van der Waals surface area contributed by atoms with Crippen LogP contribution in [0.4, 0.5) is 0 Å². The Morgan fingerprint density at radius 3 is 1.87 bits per heavy atom. The molecule has 0 aromatic rings. The van der Waals surface area contributed by atoms with Crippen molar-refractivity contribution >= 4 is 10.1 Å². The standard InChI is InChI=1S/C5H14NO.C3H9NO3S/c1-6(2,3)4-5-7;4-2-1-3-8(5,6)7/h7H,4-5H2,1-3H3;1-4H2,(H,5,6,7)/q+1;/p-1. The highest BCUT2D eigenvalue weighted by Crippen LogP contribution is 1.84. The highest BCUT2D eigenvalue weighted by atomic mass is 32.2. The summed E-state index contributed by atoms with van der Waals surface area (Å²) >= 11 is 0. The molecule has 15 heavy (non-hydrogen) atoms. The lowest BCUT2D eigenvalue weighted by Crippen LogP contribution is -2.36. The number of aliphatic hydroxyl groups excluding tert-OH is 1. The summed E-state index contributed by atoms with van der Waals surface area (Å²) in [5.41, 5.74) is 4.93. The lowest BCUT2D eigenvalue weighted by atomic mass is 10.5. The van der Waals surface area contributed by atoms with Gasteiger partial charge >= 0.3 is 0 Å². The topological polar surface area (TPSA) is 103 Å². The van der Waals surface area contributed by atoms with Crippen LogP contribution in [0.3, 0.4) is 0 Å². The zero-order valence-electron chi connectivity index (χ0n) is 9.64. The smallest absolute Gasteiger partial charge is 0.101 e. The van der Waals surface area contributed by atoms with Crippen molar-refractivity contribution in [3.8, 4) is 0 Å². The van der Waals surface area contributed by atoms with Crippen LogP contribution >= 0.6 is 0 Å². The Balaban J connectivity index is 0. The Labute approximate surface area is 92.0 Å². The van der Waals surface area contributed by atoms with Gasteiger partial charge in [-0.2, -0.15) is 0 Å². The molecule has 0 atom stereocenters. The predicted octanol–water partition coefficient (Wildman–Crippen LogP) is -1.43. The van der Waals surface area contributed by atoms with Crippen molar-refractivity contribution < 1.29 is 22.6 Å². The Morgan fingerprint density at radius 1 is 1.33 bits per heavy atom. The Morgan fingerprint density at radius 2 is 1.80 bits per heavy atom. The van der Waals surface area contributed by atoms with Gasteiger partial charge in [0.15, 0.2) is 0 Å². The van der Waals surface area contributed by atoms with Crippen LogP contribution in [0.5, 0.6) is 0 Å². The quantitative estimate of drug-likeness (QED) is 0.454. The van der Waals surface area contributed by atoms with Crippen LogP contribution in [0.2, 0.25) is 0 Å². The van der Waals surface area contributed by atoms with Gasteiger partial charge in [0.05, 0.1) is 37.9 Å². The molecule has 0 amide bonds. The molecule has 0 aromatic carbocycles. The number of aliphatic hydroxyl groups is 1. The van der Waals surface area contributed by atoms with E-state index in [1.807, 2.05) is 0 Å². The summed E-state index contributed by atoms with van der Waals surface area (Å²) in [7, 11) is 2.14. The van der Waals surface area contributed by atoms with E-state index in [0.29, 0.717) is 0 Å². The van der Waals surface area contributed by atoms with Gasteiger partial charge in [0.1, 0.15) is 6.54 Å². The van der Waals surface area contributed by atoms with Gasteiger partial charge in [0.25, 0.3) is 0 Å². The maximum Gasteiger partial charge on any atom is 0.101 e. The number of rotatable bonds is 5. The molecule has 0 spiro atoms. The van der Waals surface area contributed by atoms with Gasteiger partial charge in [-0.3, -0.25) is 0 Å². The van der Waals surface area contributed by atoms with Crippen molar-refractivity contribution in [2.45, 2.75) is 6.42 Å². The number of quaternary nitrogens is 1.